The smallest absolute Gasteiger partial charge is 0.137 e. The number of benzene rings is 9. The number of rotatable bonds is 4. The molecule has 1 aliphatic rings. The Morgan fingerprint density at radius 1 is 0.426 bits per heavy atom. The summed E-state index contributed by atoms with van der Waals surface area (Å²) >= 11 is 0. The first-order valence-corrected chi connectivity index (χ1v) is 18.7. The first-order valence-electron chi connectivity index (χ1n) is 18.7. The number of hydrogen-bond donors (Lipinski definition) is 0. The molecule has 11 rings (SSSR count). The number of anilines is 6. The lowest BCUT2D eigenvalue weighted by Gasteiger charge is -2.42. The maximum atomic E-state index is 6.45. The van der Waals surface area contributed by atoms with E-state index in [1.54, 1.807) is 0 Å². The van der Waals surface area contributed by atoms with Crippen molar-refractivity contribution in [3.8, 4) is 0 Å². The minimum Gasteiger partial charge on any atom is -0.456 e. The van der Waals surface area contributed by atoms with Crippen LogP contribution in [-0.2, 0) is 5.41 Å². The van der Waals surface area contributed by atoms with Gasteiger partial charge in [0.2, 0.25) is 0 Å². The van der Waals surface area contributed by atoms with Crippen molar-refractivity contribution >= 4 is 88.4 Å². The molecule has 0 unspecified atom stereocenters. The summed E-state index contributed by atoms with van der Waals surface area (Å²) in [6, 6.07) is 66.0. The molecule has 0 aliphatic carbocycles. The van der Waals surface area contributed by atoms with Gasteiger partial charge in [0.25, 0.3) is 0 Å². The third-order valence-corrected chi connectivity index (χ3v) is 11.6. The summed E-state index contributed by atoms with van der Waals surface area (Å²) in [6.07, 6.45) is 0. The third-order valence-electron chi connectivity index (χ3n) is 11.6. The maximum absolute atomic E-state index is 6.45. The zero-order chi connectivity index (χ0) is 36.0. The molecule has 0 amide bonds. The largest absolute Gasteiger partial charge is 0.456 e. The van der Waals surface area contributed by atoms with E-state index >= 15 is 0 Å². The van der Waals surface area contributed by atoms with E-state index in [1.807, 2.05) is 6.07 Å². The van der Waals surface area contributed by atoms with Crippen LogP contribution in [0.3, 0.4) is 0 Å². The van der Waals surface area contributed by atoms with E-state index in [0.717, 1.165) is 50.4 Å². The Hall–Kier alpha value is -6.84. The highest BCUT2D eigenvalue weighted by Gasteiger charge is 2.37. The van der Waals surface area contributed by atoms with Crippen molar-refractivity contribution in [1.29, 1.82) is 0 Å². The van der Waals surface area contributed by atoms with E-state index in [2.05, 4.69) is 200 Å². The minimum absolute atomic E-state index is 0.195. The van der Waals surface area contributed by atoms with Gasteiger partial charge >= 0.3 is 0 Å². The van der Waals surface area contributed by atoms with Crippen LogP contribution < -0.4 is 9.80 Å². The van der Waals surface area contributed by atoms with Crippen LogP contribution in [0.5, 0.6) is 0 Å². The first kappa shape index (κ1) is 30.8. The van der Waals surface area contributed by atoms with E-state index in [0.29, 0.717) is 0 Å². The number of para-hydroxylation sites is 3. The van der Waals surface area contributed by atoms with Gasteiger partial charge in [0.15, 0.2) is 0 Å². The molecule has 54 heavy (non-hydrogen) atoms. The first-order chi connectivity index (χ1) is 26.5. The van der Waals surface area contributed by atoms with Gasteiger partial charge in [-0.05, 0) is 98.7 Å². The minimum atomic E-state index is -0.195. The zero-order valence-corrected chi connectivity index (χ0v) is 30.1. The van der Waals surface area contributed by atoms with Gasteiger partial charge in [0.05, 0.1) is 17.1 Å². The molecule has 1 aromatic heterocycles. The second kappa shape index (κ2) is 11.6. The lowest BCUT2D eigenvalue weighted by Crippen LogP contribution is -2.30. The normalized spacial score (nSPS) is 13.5. The quantitative estimate of drug-likeness (QED) is 0.171. The molecule has 256 valence electrons. The Morgan fingerprint density at radius 3 is 2.00 bits per heavy atom. The molecule has 0 saturated carbocycles. The third kappa shape index (κ3) is 4.55. The van der Waals surface area contributed by atoms with Gasteiger partial charge in [-0.25, -0.2) is 0 Å². The molecular weight excluding hydrogens is 657 g/mol. The van der Waals surface area contributed by atoms with Crippen LogP contribution in [0, 0.1) is 0 Å². The van der Waals surface area contributed by atoms with Crippen molar-refractivity contribution in [2.75, 3.05) is 9.80 Å². The molecule has 0 fully saturated rings. The van der Waals surface area contributed by atoms with Gasteiger partial charge in [0, 0.05) is 44.7 Å². The molecule has 9 aromatic carbocycles. The van der Waals surface area contributed by atoms with Crippen molar-refractivity contribution in [3.05, 3.63) is 193 Å². The average Bonchev–Trinajstić information content (AvgIpc) is 3.58. The average molecular weight is 693 g/mol. The summed E-state index contributed by atoms with van der Waals surface area (Å²) in [5, 5.41) is 9.64. The van der Waals surface area contributed by atoms with Gasteiger partial charge in [-0.1, -0.05) is 129 Å². The van der Waals surface area contributed by atoms with Crippen molar-refractivity contribution in [1.82, 2.24) is 0 Å². The Labute approximate surface area is 313 Å². The number of nitrogens with zero attached hydrogens (tertiary/aromatic N) is 2. The molecule has 0 N–H and O–H groups in total. The predicted molar refractivity (Wildman–Crippen MR) is 228 cm³/mol. The van der Waals surface area contributed by atoms with Crippen LogP contribution in [0.25, 0.3) is 54.3 Å². The molecule has 10 aromatic rings. The second-order valence-electron chi connectivity index (χ2n) is 15.0. The fourth-order valence-electron chi connectivity index (χ4n) is 8.93. The predicted octanol–water partition coefficient (Wildman–Crippen LogP) is 14.6. The maximum Gasteiger partial charge on any atom is 0.137 e. The van der Waals surface area contributed by atoms with Crippen LogP contribution >= 0.6 is 0 Å². The lowest BCUT2D eigenvalue weighted by molar-refractivity contribution is 0.630. The van der Waals surface area contributed by atoms with E-state index in [-0.39, 0.29) is 5.41 Å². The molecule has 0 radical (unpaired) electrons. The standard InChI is InChI=1S/C51H36N2O/c1-51(2)44-19-9-10-20-47(44)53(48-32-50-43(31-45(48)51)42-18-8-11-22-49(42)54-50)38-26-28-40-35(30-38)24-23-34-29-37(25-27-39(34)40)52(36-15-4-3-5-16-36)46-21-12-14-33-13-6-7-17-41(33)46/h3-32H,1-2H3. The highest BCUT2D eigenvalue weighted by atomic mass is 16.3. The Morgan fingerprint density at radius 2 is 1.13 bits per heavy atom. The van der Waals surface area contributed by atoms with E-state index in [4.69, 9.17) is 4.42 Å². The fourth-order valence-corrected chi connectivity index (χ4v) is 8.93. The number of hydrogen-bond acceptors (Lipinski definition) is 3. The van der Waals surface area contributed by atoms with Crippen LogP contribution in [0.4, 0.5) is 34.1 Å². The summed E-state index contributed by atoms with van der Waals surface area (Å²) in [6.45, 7) is 4.69. The molecule has 3 heteroatoms. The topological polar surface area (TPSA) is 19.6 Å². The highest BCUT2D eigenvalue weighted by Crippen LogP contribution is 2.54. The van der Waals surface area contributed by atoms with Gasteiger partial charge in [-0.15, -0.1) is 0 Å². The molecule has 2 heterocycles. The van der Waals surface area contributed by atoms with Gasteiger partial charge in [-0.2, -0.15) is 0 Å². The molecule has 0 atom stereocenters. The van der Waals surface area contributed by atoms with Gasteiger partial charge in [0.1, 0.15) is 11.2 Å². The summed E-state index contributed by atoms with van der Waals surface area (Å²) in [7, 11) is 0. The number of furan rings is 1. The summed E-state index contributed by atoms with van der Waals surface area (Å²) in [4.78, 5) is 4.80. The monoisotopic (exact) mass is 692 g/mol. The number of fused-ring (bicyclic) bond motifs is 9. The van der Waals surface area contributed by atoms with Crippen LogP contribution in [0.1, 0.15) is 25.0 Å². The molecule has 0 bridgehead atoms. The summed E-state index contributed by atoms with van der Waals surface area (Å²) < 4.78 is 6.45. The Balaban J connectivity index is 1.06. The van der Waals surface area contributed by atoms with Gasteiger partial charge in [-0.3, -0.25) is 0 Å². The van der Waals surface area contributed by atoms with Crippen molar-refractivity contribution in [2.24, 2.45) is 0 Å². The van der Waals surface area contributed by atoms with E-state index in [9.17, 15) is 0 Å². The summed E-state index contributed by atoms with van der Waals surface area (Å²) in [5.74, 6) is 0. The van der Waals surface area contributed by atoms with Crippen molar-refractivity contribution in [3.63, 3.8) is 0 Å². The van der Waals surface area contributed by atoms with Crippen LogP contribution in [0.15, 0.2) is 186 Å². The molecule has 0 spiro atoms. The SMILES string of the molecule is CC1(C)c2ccccc2N(c2ccc3c(ccc4cc(N(c5ccccc5)c5cccc6ccccc56)ccc43)c2)c2cc3oc4ccccc4c3cc21. The van der Waals surface area contributed by atoms with Crippen molar-refractivity contribution < 1.29 is 4.42 Å². The van der Waals surface area contributed by atoms with E-state index < -0.39 is 0 Å². The molecular formula is C51H36N2O. The van der Waals surface area contributed by atoms with Crippen molar-refractivity contribution in [2.45, 2.75) is 19.3 Å². The molecule has 0 saturated heterocycles. The Bertz CT molecular complexity index is 3100. The zero-order valence-electron chi connectivity index (χ0n) is 30.1. The Kier molecular flexibility index (Phi) is 6.60. The lowest BCUT2D eigenvalue weighted by atomic mass is 9.73. The van der Waals surface area contributed by atoms with E-state index in [1.165, 1.54) is 49.1 Å². The molecule has 3 nitrogen and oxygen atoms in total. The fraction of sp³-hybridized carbons (Fsp3) is 0.0588. The summed E-state index contributed by atoms with van der Waals surface area (Å²) in [5.41, 5.74) is 11.1. The van der Waals surface area contributed by atoms with Crippen LogP contribution in [-0.4, -0.2) is 0 Å². The van der Waals surface area contributed by atoms with Gasteiger partial charge < -0.3 is 14.2 Å². The highest BCUT2D eigenvalue weighted by molar-refractivity contribution is 6.11. The van der Waals surface area contributed by atoms with Crippen LogP contribution in [0.2, 0.25) is 0 Å². The second-order valence-corrected chi connectivity index (χ2v) is 15.0. The molecule has 1 aliphatic heterocycles.